The summed E-state index contributed by atoms with van der Waals surface area (Å²) in [6.45, 7) is 2.05. The quantitative estimate of drug-likeness (QED) is 0.709. The first-order valence-corrected chi connectivity index (χ1v) is 4.63. The molecule has 0 fully saturated rings. The molecule has 3 nitrogen and oxygen atoms in total. The van der Waals surface area contributed by atoms with Gasteiger partial charge in [-0.25, -0.2) is 0 Å². The van der Waals surface area contributed by atoms with Gasteiger partial charge < -0.3 is 15.0 Å². The number of H-pyrrole nitrogens is 1. The lowest BCUT2D eigenvalue weighted by Crippen LogP contribution is -2.18. The van der Waals surface area contributed by atoms with E-state index < -0.39 is 0 Å². The van der Waals surface area contributed by atoms with Crippen LogP contribution in [0.2, 0.25) is 0 Å². The zero-order chi connectivity index (χ0) is 10.1. The molecule has 2 aromatic rings. The fourth-order valence-corrected chi connectivity index (χ4v) is 1.82. The van der Waals surface area contributed by atoms with E-state index in [4.69, 9.17) is 5.11 Å². The molecule has 3 heteroatoms. The molecule has 2 N–H and O–H groups in total. The summed E-state index contributed by atoms with van der Waals surface area (Å²) in [6, 6.07) is 8.10. The number of aromatic nitrogens is 1. The lowest BCUT2D eigenvalue weighted by atomic mass is 10.2. The van der Waals surface area contributed by atoms with Gasteiger partial charge in [-0.1, -0.05) is 18.2 Å². The van der Waals surface area contributed by atoms with E-state index in [1.54, 1.807) is 0 Å². The fourth-order valence-electron chi connectivity index (χ4n) is 1.82. The van der Waals surface area contributed by atoms with Crippen molar-refractivity contribution in [3.8, 4) is 0 Å². The number of hydrogen-bond acceptors (Lipinski definition) is 2. The van der Waals surface area contributed by atoms with Crippen molar-refractivity contribution in [2.24, 2.45) is 0 Å². The number of aryl methyl sites for hydroxylation is 1. The summed E-state index contributed by atoms with van der Waals surface area (Å²) in [7, 11) is 1.88. The average Bonchev–Trinajstić information content (AvgIpc) is 2.53. The zero-order valence-corrected chi connectivity index (χ0v) is 8.41. The van der Waals surface area contributed by atoms with Crippen molar-refractivity contribution in [3.63, 3.8) is 0 Å². The van der Waals surface area contributed by atoms with E-state index in [9.17, 15) is 0 Å². The molecule has 14 heavy (non-hydrogen) atoms. The molecule has 1 aromatic heterocycles. The molecular formula is C11H14N2O. The minimum absolute atomic E-state index is 0.0304. The molecule has 1 heterocycles. The maximum atomic E-state index is 9.10. The summed E-state index contributed by atoms with van der Waals surface area (Å²) in [5.41, 5.74) is 3.27. The first-order valence-electron chi connectivity index (χ1n) is 4.63. The Bertz CT molecular complexity index is 447. The predicted molar refractivity (Wildman–Crippen MR) is 58.5 cm³/mol. The number of anilines is 1. The molecular weight excluding hydrogens is 176 g/mol. The Kier molecular flexibility index (Phi) is 2.17. The minimum atomic E-state index is 0.0304. The molecule has 0 bridgehead atoms. The van der Waals surface area contributed by atoms with Gasteiger partial charge in [0.15, 0.2) is 0 Å². The van der Waals surface area contributed by atoms with Crippen LogP contribution in [0.3, 0.4) is 0 Å². The molecule has 0 aliphatic heterocycles. The number of fused-ring (bicyclic) bond motifs is 1. The summed E-state index contributed by atoms with van der Waals surface area (Å²) in [4.78, 5) is 5.12. The summed E-state index contributed by atoms with van der Waals surface area (Å²) >= 11 is 0. The van der Waals surface area contributed by atoms with Gasteiger partial charge in [-0.15, -0.1) is 0 Å². The Labute approximate surface area is 83.0 Å². The molecule has 1 aromatic carbocycles. The molecule has 2 rings (SSSR count). The van der Waals surface area contributed by atoms with Gasteiger partial charge in [0.2, 0.25) is 0 Å². The molecule has 0 amide bonds. The molecule has 0 atom stereocenters. The molecule has 74 valence electrons. The van der Waals surface area contributed by atoms with Gasteiger partial charge in [-0.2, -0.15) is 0 Å². The lowest BCUT2D eigenvalue weighted by molar-refractivity contribution is 0.299. The third-order valence-corrected chi connectivity index (χ3v) is 2.45. The predicted octanol–water partition coefficient (Wildman–Crippen LogP) is 1.86. The van der Waals surface area contributed by atoms with Crippen molar-refractivity contribution in [1.29, 1.82) is 0 Å². The Morgan fingerprint density at radius 2 is 2.07 bits per heavy atom. The topological polar surface area (TPSA) is 39.3 Å². The fraction of sp³-hybridized carbons (Fsp3) is 0.273. The lowest BCUT2D eigenvalue weighted by Gasteiger charge is -2.15. The minimum Gasteiger partial charge on any atom is -0.376 e. The highest BCUT2D eigenvalue weighted by molar-refractivity contribution is 5.94. The van der Waals surface area contributed by atoms with Gasteiger partial charge in [0.25, 0.3) is 0 Å². The van der Waals surface area contributed by atoms with Crippen LogP contribution >= 0.6 is 0 Å². The molecule has 0 saturated heterocycles. The molecule has 0 radical (unpaired) electrons. The summed E-state index contributed by atoms with van der Waals surface area (Å²) in [5.74, 6) is 0. The van der Waals surface area contributed by atoms with Gasteiger partial charge >= 0.3 is 0 Å². The van der Waals surface area contributed by atoms with Crippen LogP contribution in [0.5, 0.6) is 0 Å². The zero-order valence-electron chi connectivity index (χ0n) is 8.41. The summed E-state index contributed by atoms with van der Waals surface area (Å²) in [5, 5.41) is 10.3. The average molecular weight is 190 g/mol. The van der Waals surface area contributed by atoms with E-state index in [-0.39, 0.29) is 6.73 Å². The monoisotopic (exact) mass is 190 g/mol. The van der Waals surface area contributed by atoms with Gasteiger partial charge in [0.1, 0.15) is 6.73 Å². The van der Waals surface area contributed by atoms with Gasteiger partial charge in [0.05, 0.1) is 5.69 Å². The largest absolute Gasteiger partial charge is 0.376 e. The van der Waals surface area contributed by atoms with E-state index in [2.05, 4.69) is 11.1 Å². The smallest absolute Gasteiger partial charge is 0.115 e. The second-order valence-corrected chi connectivity index (χ2v) is 3.48. The molecule has 0 saturated carbocycles. The van der Waals surface area contributed by atoms with Gasteiger partial charge in [-0.3, -0.25) is 0 Å². The van der Waals surface area contributed by atoms with Crippen molar-refractivity contribution in [1.82, 2.24) is 4.98 Å². The van der Waals surface area contributed by atoms with E-state index >= 15 is 0 Å². The van der Waals surface area contributed by atoms with Crippen LogP contribution in [-0.2, 0) is 0 Å². The SMILES string of the molecule is Cc1[nH]c2ccccc2c1N(C)CO. The molecule has 0 aliphatic rings. The van der Waals surface area contributed by atoms with Crippen molar-refractivity contribution in [2.45, 2.75) is 6.92 Å². The second-order valence-electron chi connectivity index (χ2n) is 3.48. The highest BCUT2D eigenvalue weighted by Gasteiger charge is 2.10. The number of nitrogens with one attached hydrogen (secondary N) is 1. The van der Waals surface area contributed by atoms with Crippen LogP contribution in [0.15, 0.2) is 24.3 Å². The van der Waals surface area contributed by atoms with Crippen LogP contribution in [0.4, 0.5) is 5.69 Å². The van der Waals surface area contributed by atoms with E-state index in [0.717, 1.165) is 22.3 Å². The van der Waals surface area contributed by atoms with E-state index in [1.165, 1.54) is 0 Å². The Hall–Kier alpha value is -1.48. The third-order valence-electron chi connectivity index (χ3n) is 2.45. The van der Waals surface area contributed by atoms with Gasteiger partial charge in [-0.05, 0) is 13.0 Å². The van der Waals surface area contributed by atoms with Crippen LogP contribution in [0.1, 0.15) is 5.69 Å². The first-order chi connectivity index (χ1) is 6.74. The number of para-hydroxylation sites is 1. The van der Waals surface area contributed by atoms with Crippen LogP contribution in [-0.4, -0.2) is 23.9 Å². The molecule has 0 aliphatic carbocycles. The number of benzene rings is 1. The maximum absolute atomic E-state index is 9.10. The highest BCUT2D eigenvalue weighted by atomic mass is 16.3. The maximum Gasteiger partial charge on any atom is 0.115 e. The molecule has 0 unspecified atom stereocenters. The Balaban J connectivity index is 2.67. The van der Waals surface area contributed by atoms with E-state index in [0.29, 0.717) is 0 Å². The van der Waals surface area contributed by atoms with Crippen molar-refractivity contribution in [2.75, 3.05) is 18.7 Å². The number of nitrogens with zero attached hydrogens (tertiary/aromatic N) is 1. The second kappa shape index (κ2) is 3.35. The summed E-state index contributed by atoms with van der Waals surface area (Å²) in [6.07, 6.45) is 0. The Morgan fingerprint density at radius 3 is 2.79 bits per heavy atom. The summed E-state index contributed by atoms with van der Waals surface area (Å²) < 4.78 is 0. The van der Waals surface area contributed by atoms with Crippen molar-refractivity contribution < 1.29 is 5.11 Å². The van der Waals surface area contributed by atoms with E-state index in [1.807, 2.05) is 37.1 Å². The number of rotatable bonds is 2. The van der Waals surface area contributed by atoms with Crippen LogP contribution < -0.4 is 4.90 Å². The number of aliphatic hydroxyl groups excluding tert-OH is 1. The van der Waals surface area contributed by atoms with Crippen LogP contribution in [0.25, 0.3) is 10.9 Å². The number of aliphatic hydroxyl groups is 1. The number of hydrogen-bond donors (Lipinski definition) is 2. The van der Waals surface area contributed by atoms with Gasteiger partial charge in [0, 0.05) is 23.6 Å². The number of aromatic amines is 1. The highest BCUT2D eigenvalue weighted by Crippen LogP contribution is 2.29. The van der Waals surface area contributed by atoms with Crippen molar-refractivity contribution >= 4 is 16.6 Å². The third kappa shape index (κ3) is 1.26. The Morgan fingerprint density at radius 1 is 1.36 bits per heavy atom. The normalized spacial score (nSPS) is 10.8. The first kappa shape index (κ1) is 9.09. The van der Waals surface area contributed by atoms with Crippen LogP contribution in [0, 0.1) is 6.92 Å². The molecule has 0 spiro atoms. The standard InChI is InChI=1S/C11H14N2O/c1-8-11(13(2)7-14)9-5-3-4-6-10(9)12-8/h3-6,12,14H,7H2,1-2H3. The van der Waals surface area contributed by atoms with Crippen molar-refractivity contribution in [3.05, 3.63) is 30.0 Å².